The van der Waals surface area contributed by atoms with Gasteiger partial charge in [-0.25, -0.2) is 17.6 Å². The van der Waals surface area contributed by atoms with Gasteiger partial charge in [0.05, 0.1) is 11.5 Å². The minimum atomic E-state index is -1.62. The van der Waals surface area contributed by atoms with E-state index < -0.39 is 70.0 Å². The van der Waals surface area contributed by atoms with E-state index >= 15 is 0 Å². The monoisotopic (exact) mass is 373 g/mol. The maximum atomic E-state index is 13.9. The van der Waals surface area contributed by atoms with Crippen LogP contribution in [0, 0.1) is 51.9 Å². The fraction of sp³-hybridized carbons (Fsp3) is 0.444. The smallest absolute Gasteiger partial charge is 0.310 e. The van der Waals surface area contributed by atoms with E-state index in [0.29, 0.717) is 0 Å². The standard InChI is InChI=1S/C18H16F5NO2/c1-4-9-13(20)15(22)10(16(23)14(9)21)7-26-17(25)12-11(18(12,2)3)5-8(19)6-24/h5,11-12H,4,7H2,1-3H3/b8-5-/t11-,12-/m0/s1. The molecule has 1 aliphatic rings. The second kappa shape index (κ2) is 7.06. The first-order valence-corrected chi connectivity index (χ1v) is 7.85. The predicted molar refractivity (Wildman–Crippen MR) is 81.0 cm³/mol. The van der Waals surface area contributed by atoms with E-state index in [1.54, 1.807) is 13.8 Å². The third kappa shape index (κ3) is 3.30. The highest BCUT2D eigenvalue weighted by molar-refractivity contribution is 5.78. The van der Waals surface area contributed by atoms with E-state index in [2.05, 4.69) is 0 Å². The SMILES string of the molecule is CCc1c(F)c(F)c(COC(=O)[C@@H]2[C@H](/C=C(\F)C#N)C2(C)C)c(F)c1F. The lowest BCUT2D eigenvalue weighted by Gasteiger charge is -2.11. The molecule has 0 bridgehead atoms. The zero-order valence-corrected chi connectivity index (χ0v) is 14.3. The number of rotatable bonds is 5. The molecule has 1 fully saturated rings. The minimum absolute atomic E-state index is 0.250. The second-order valence-corrected chi connectivity index (χ2v) is 6.63. The third-order valence-corrected chi connectivity index (χ3v) is 4.75. The molecule has 26 heavy (non-hydrogen) atoms. The molecule has 140 valence electrons. The Balaban J connectivity index is 2.18. The molecule has 0 spiro atoms. The van der Waals surface area contributed by atoms with Crippen molar-refractivity contribution in [3.05, 3.63) is 46.3 Å². The average molecular weight is 373 g/mol. The van der Waals surface area contributed by atoms with Crippen LogP contribution >= 0.6 is 0 Å². The van der Waals surface area contributed by atoms with E-state index in [9.17, 15) is 26.7 Å². The van der Waals surface area contributed by atoms with Crippen molar-refractivity contribution in [3.8, 4) is 6.07 Å². The number of hydrogen-bond acceptors (Lipinski definition) is 3. The maximum absolute atomic E-state index is 13.9. The summed E-state index contributed by atoms with van der Waals surface area (Å²) in [4.78, 5) is 12.1. The molecule has 1 aromatic rings. The van der Waals surface area contributed by atoms with Crippen LogP contribution in [0.1, 0.15) is 31.9 Å². The summed E-state index contributed by atoms with van der Waals surface area (Å²) in [6, 6.07) is 1.29. The molecule has 3 nitrogen and oxygen atoms in total. The van der Waals surface area contributed by atoms with Gasteiger partial charge in [0.25, 0.3) is 0 Å². The Kier molecular flexibility index (Phi) is 5.40. The van der Waals surface area contributed by atoms with Crippen molar-refractivity contribution in [1.82, 2.24) is 0 Å². The first kappa shape index (κ1) is 19.9. The number of allylic oxidation sites excluding steroid dienone is 2. The zero-order valence-electron chi connectivity index (χ0n) is 14.3. The lowest BCUT2D eigenvalue weighted by molar-refractivity contribution is -0.147. The number of nitrogens with zero attached hydrogens (tertiary/aromatic N) is 1. The Morgan fingerprint density at radius 1 is 1.15 bits per heavy atom. The highest BCUT2D eigenvalue weighted by atomic mass is 19.2. The fourth-order valence-electron chi connectivity index (χ4n) is 3.03. The molecule has 1 saturated carbocycles. The molecular weight excluding hydrogens is 357 g/mol. The molecule has 1 aliphatic carbocycles. The van der Waals surface area contributed by atoms with E-state index in [1.165, 1.54) is 13.0 Å². The molecule has 0 radical (unpaired) electrons. The minimum Gasteiger partial charge on any atom is -0.460 e. The second-order valence-electron chi connectivity index (χ2n) is 6.63. The van der Waals surface area contributed by atoms with Crippen LogP contribution < -0.4 is 0 Å². The number of hydrogen-bond donors (Lipinski definition) is 0. The van der Waals surface area contributed by atoms with Gasteiger partial charge < -0.3 is 4.74 Å². The summed E-state index contributed by atoms with van der Waals surface area (Å²) in [6.45, 7) is 3.59. The maximum Gasteiger partial charge on any atom is 0.310 e. The van der Waals surface area contributed by atoms with Crippen molar-refractivity contribution in [2.45, 2.75) is 33.8 Å². The molecule has 0 saturated heterocycles. The Hall–Kier alpha value is -2.43. The van der Waals surface area contributed by atoms with E-state index in [-0.39, 0.29) is 6.42 Å². The molecule has 0 heterocycles. The van der Waals surface area contributed by atoms with Crippen LogP contribution in [0.5, 0.6) is 0 Å². The van der Waals surface area contributed by atoms with E-state index in [4.69, 9.17) is 10.00 Å². The van der Waals surface area contributed by atoms with Crippen LogP contribution in [0.4, 0.5) is 22.0 Å². The van der Waals surface area contributed by atoms with Crippen LogP contribution in [0.3, 0.4) is 0 Å². The van der Waals surface area contributed by atoms with E-state index in [1.807, 2.05) is 0 Å². The lowest BCUT2D eigenvalue weighted by atomic mass is 10.1. The van der Waals surface area contributed by atoms with Gasteiger partial charge in [0.15, 0.2) is 29.1 Å². The molecule has 0 aliphatic heterocycles. The van der Waals surface area contributed by atoms with Gasteiger partial charge in [-0.05, 0) is 17.9 Å². The molecule has 2 rings (SSSR count). The van der Waals surface area contributed by atoms with E-state index in [0.717, 1.165) is 6.08 Å². The topological polar surface area (TPSA) is 50.1 Å². The number of esters is 1. The number of ether oxygens (including phenoxy) is 1. The predicted octanol–water partition coefficient (Wildman–Crippen LogP) is 4.50. The van der Waals surface area contributed by atoms with Crippen LogP contribution in [0.25, 0.3) is 0 Å². The summed E-state index contributed by atoms with van der Waals surface area (Å²) in [5, 5.41) is 8.45. The molecule has 0 aromatic heterocycles. The molecule has 1 aromatic carbocycles. The van der Waals surface area contributed by atoms with Gasteiger partial charge >= 0.3 is 5.97 Å². The summed E-state index contributed by atoms with van der Waals surface area (Å²) in [5.74, 6) is -9.71. The summed E-state index contributed by atoms with van der Waals surface area (Å²) in [7, 11) is 0. The lowest BCUT2D eigenvalue weighted by Crippen LogP contribution is -2.14. The third-order valence-electron chi connectivity index (χ3n) is 4.75. The molecule has 2 atom stereocenters. The number of nitriles is 1. The zero-order chi connectivity index (χ0) is 19.8. The summed E-state index contributed by atoms with van der Waals surface area (Å²) >= 11 is 0. The number of carbonyl (C=O) groups is 1. The fourth-order valence-corrected chi connectivity index (χ4v) is 3.03. The molecule has 0 unspecified atom stereocenters. The molecule has 0 N–H and O–H groups in total. The van der Waals surface area contributed by atoms with Gasteiger partial charge in [0.2, 0.25) is 0 Å². The molecular formula is C18H16F5NO2. The summed E-state index contributed by atoms with van der Waals surface area (Å²) in [5.41, 5.74) is -2.47. The van der Waals surface area contributed by atoms with Gasteiger partial charge in [-0.1, -0.05) is 20.8 Å². The average Bonchev–Trinajstić information content (AvgIpc) is 3.13. The van der Waals surface area contributed by atoms with Crippen molar-refractivity contribution >= 4 is 5.97 Å². The van der Waals surface area contributed by atoms with Crippen LogP contribution in [-0.2, 0) is 22.6 Å². The summed E-state index contributed by atoms with van der Waals surface area (Å²) < 4.78 is 73.3. The van der Waals surface area contributed by atoms with Crippen molar-refractivity contribution in [2.24, 2.45) is 17.3 Å². The van der Waals surface area contributed by atoms with Crippen LogP contribution in [0.2, 0.25) is 0 Å². The summed E-state index contributed by atoms with van der Waals surface area (Å²) in [6.07, 6.45) is 0.725. The van der Waals surface area contributed by atoms with Gasteiger partial charge in [-0.15, -0.1) is 0 Å². The highest BCUT2D eigenvalue weighted by Gasteiger charge is 2.61. The number of carbonyl (C=O) groups excluding carboxylic acids is 1. The first-order chi connectivity index (χ1) is 12.1. The quantitative estimate of drug-likeness (QED) is 0.331. The van der Waals surface area contributed by atoms with Gasteiger partial charge in [-0.3, -0.25) is 4.79 Å². The highest BCUT2D eigenvalue weighted by Crippen LogP contribution is 2.60. The van der Waals surface area contributed by atoms with Crippen LogP contribution in [-0.4, -0.2) is 5.97 Å². The van der Waals surface area contributed by atoms with Gasteiger partial charge in [0, 0.05) is 11.5 Å². The van der Waals surface area contributed by atoms with Gasteiger partial charge in [-0.2, -0.15) is 9.65 Å². The first-order valence-electron chi connectivity index (χ1n) is 7.85. The number of halogens is 5. The molecule has 0 amide bonds. The van der Waals surface area contributed by atoms with Crippen LogP contribution in [0.15, 0.2) is 11.9 Å². The Morgan fingerprint density at radius 2 is 1.65 bits per heavy atom. The Morgan fingerprint density at radius 3 is 2.12 bits per heavy atom. The normalized spacial score (nSPS) is 21.3. The van der Waals surface area contributed by atoms with Crippen molar-refractivity contribution in [1.29, 1.82) is 5.26 Å². The van der Waals surface area contributed by atoms with Crippen molar-refractivity contribution in [3.63, 3.8) is 0 Å². The van der Waals surface area contributed by atoms with Crippen molar-refractivity contribution in [2.75, 3.05) is 0 Å². The van der Waals surface area contributed by atoms with Gasteiger partial charge in [0.1, 0.15) is 12.7 Å². The Bertz CT molecular complexity index is 797. The largest absolute Gasteiger partial charge is 0.460 e. The number of benzene rings is 1. The Labute approximate surface area is 147 Å². The molecule has 8 heteroatoms. The van der Waals surface area contributed by atoms with Crippen molar-refractivity contribution < 1.29 is 31.5 Å².